The van der Waals surface area contributed by atoms with E-state index in [4.69, 9.17) is 5.26 Å². The van der Waals surface area contributed by atoms with Crippen LogP contribution in [0.15, 0.2) is 66.0 Å². The Morgan fingerprint density at radius 1 is 1.20 bits per heavy atom. The lowest BCUT2D eigenvalue weighted by atomic mass is 10.0. The average molecular weight is 501 g/mol. The third-order valence-corrected chi connectivity index (χ3v) is 7.74. The lowest BCUT2D eigenvalue weighted by Crippen LogP contribution is -2.33. The van der Waals surface area contributed by atoms with E-state index in [9.17, 15) is 21.6 Å². The molecule has 6 nitrogen and oxygen atoms in total. The number of hydrogen-bond donors (Lipinski definition) is 0. The molecule has 0 spiro atoms. The van der Waals surface area contributed by atoms with Crippen LogP contribution in [-0.4, -0.2) is 30.0 Å². The smallest absolute Gasteiger partial charge is 0.368 e. The maximum absolute atomic E-state index is 13.4. The first-order valence-electron chi connectivity index (χ1n) is 11.0. The molecule has 0 saturated carbocycles. The zero-order valence-corrected chi connectivity index (χ0v) is 19.9. The number of alkyl halides is 3. The van der Waals surface area contributed by atoms with E-state index in [1.165, 1.54) is 24.7 Å². The molecule has 1 aromatic heterocycles. The van der Waals surface area contributed by atoms with Crippen LogP contribution in [0.5, 0.6) is 0 Å². The van der Waals surface area contributed by atoms with Crippen LogP contribution in [-0.2, 0) is 16.2 Å². The maximum Gasteiger partial charge on any atom is 0.417 e. The highest BCUT2D eigenvalue weighted by molar-refractivity contribution is 7.90. The summed E-state index contributed by atoms with van der Waals surface area (Å²) in [5.41, 5.74) is 1.30. The normalized spacial score (nSPS) is 16.1. The summed E-state index contributed by atoms with van der Waals surface area (Å²) in [6, 6.07) is 11.8. The second-order valence-corrected chi connectivity index (χ2v) is 10.2. The van der Waals surface area contributed by atoms with Crippen molar-refractivity contribution in [2.45, 2.75) is 43.8 Å². The van der Waals surface area contributed by atoms with Gasteiger partial charge in [-0.3, -0.25) is 0 Å². The molecule has 3 aromatic rings. The van der Waals surface area contributed by atoms with Crippen molar-refractivity contribution < 1.29 is 21.6 Å². The monoisotopic (exact) mass is 500 g/mol. The highest BCUT2D eigenvalue weighted by Gasteiger charge is 2.35. The molecule has 0 bridgehead atoms. The Balaban J connectivity index is 1.55. The fraction of sp³-hybridized carbons (Fsp3) is 0.280. The SMILES string of the molecule is CCN(c1ccc(C#N)c(C(F)(F)F)c1)C1CC=C(c2cn(S(=O)(=O)c3ccc(C)cc3)cn2)C1. The first-order chi connectivity index (χ1) is 16.5. The van der Waals surface area contributed by atoms with E-state index in [1.807, 2.05) is 24.8 Å². The Hall–Kier alpha value is -3.58. The summed E-state index contributed by atoms with van der Waals surface area (Å²) in [4.78, 5) is 6.30. The first kappa shape index (κ1) is 24.5. The molecule has 1 heterocycles. The Labute approximate surface area is 202 Å². The van der Waals surface area contributed by atoms with Gasteiger partial charge in [0.15, 0.2) is 0 Å². The van der Waals surface area contributed by atoms with Crippen LogP contribution >= 0.6 is 0 Å². The van der Waals surface area contributed by atoms with Crippen LogP contribution in [0.1, 0.15) is 42.1 Å². The van der Waals surface area contributed by atoms with Crippen LogP contribution in [0.4, 0.5) is 18.9 Å². The van der Waals surface area contributed by atoms with Crippen molar-refractivity contribution in [2.24, 2.45) is 0 Å². The van der Waals surface area contributed by atoms with E-state index in [0.717, 1.165) is 21.2 Å². The van der Waals surface area contributed by atoms with Gasteiger partial charge in [-0.2, -0.15) is 18.4 Å². The van der Waals surface area contributed by atoms with Crippen molar-refractivity contribution in [1.29, 1.82) is 5.26 Å². The van der Waals surface area contributed by atoms with Gasteiger partial charge in [-0.15, -0.1) is 0 Å². The van der Waals surface area contributed by atoms with Gasteiger partial charge in [0, 0.05) is 24.5 Å². The molecule has 1 unspecified atom stereocenters. The van der Waals surface area contributed by atoms with Crippen molar-refractivity contribution in [1.82, 2.24) is 8.96 Å². The molecular formula is C25H23F3N4O2S. The summed E-state index contributed by atoms with van der Waals surface area (Å²) in [6.07, 6.45) is 1.09. The topological polar surface area (TPSA) is 79.0 Å². The summed E-state index contributed by atoms with van der Waals surface area (Å²) in [7, 11) is -3.78. The fourth-order valence-corrected chi connectivity index (χ4v) is 5.41. The molecule has 1 aliphatic carbocycles. The number of benzene rings is 2. The van der Waals surface area contributed by atoms with Gasteiger partial charge in [0.05, 0.1) is 27.8 Å². The number of aryl methyl sites for hydroxylation is 1. The molecule has 0 N–H and O–H groups in total. The molecule has 1 atom stereocenters. The van der Waals surface area contributed by atoms with E-state index in [0.29, 0.717) is 30.8 Å². The van der Waals surface area contributed by atoms with Crippen molar-refractivity contribution >= 4 is 21.3 Å². The van der Waals surface area contributed by atoms with Gasteiger partial charge in [-0.25, -0.2) is 17.4 Å². The molecule has 35 heavy (non-hydrogen) atoms. The van der Waals surface area contributed by atoms with Gasteiger partial charge in [0.25, 0.3) is 10.0 Å². The van der Waals surface area contributed by atoms with Crippen molar-refractivity contribution in [3.05, 3.63) is 83.4 Å². The minimum atomic E-state index is -4.63. The van der Waals surface area contributed by atoms with Gasteiger partial charge in [0.2, 0.25) is 0 Å². The third kappa shape index (κ3) is 4.82. The largest absolute Gasteiger partial charge is 0.417 e. The minimum absolute atomic E-state index is 0.122. The lowest BCUT2D eigenvalue weighted by Gasteiger charge is -2.31. The summed E-state index contributed by atoms with van der Waals surface area (Å²) in [6.45, 7) is 4.19. The van der Waals surface area contributed by atoms with E-state index in [-0.39, 0.29) is 10.9 Å². The summed E-state index contributed by atoms with van der Waals surface area (Å²) >= 11 is 0. The maximum atomic E-state index is 13.4. The predicted octanol–water partition coefficient (Wildman–Crippen LogP) is 5.39. The zero-order valence-electron chi connectivity index (χ0n) is 19.1. The van der Waals surface area contributed by atoms with E-state index >= 15 is 0 Å². The summed E-state index contributed by atoms with van der Waals surface area (Å²) in [5, 5.41) is 9.06. The van der Waals surface area contributed by atoms with Crippen LogP contribution in [0, 0.1) is 18.3 Å². The van der Waals surface area contributed by atoms with E-state index < -0.39 is 27.3 Å². The van der Waals surface area contributed by atoms with Crippen LogP contribution in [0.2, 0.25) is 0 Å². The van der Waals surface area contributed by atoms with Crippen molar-refractivity contribution in [3.63, 3.8) is 0 Å². The quantitative estimate of drug-likeness (QED) is 0.453. The van der Waals surface area contributed by atoms with Crippen molar-refractivity contribution in [3.8, 4) is 6.07 Å². The van der Waals surface area contributed by atoms with Gasteiger partial charge >= 0.3 is 6.18 Å². The molecule has 0 aliphatic heterocycles. The number of rotatable bonds is 6. The molecule has 1 aliphatic rings. The number of imidazole rings is 1. The van der Waals surface area contributed by atoms with Gasteiger partial charge in [-0.05, 0) is 62.6 Å². The minimum Gasteiger partial charge on any atom is -0.368 e. The summed E-state index contributed by atoms with van der Waals surface area (Å²) < 4.78 is 67.3. The fourth-order valence-electron chi connectivity index (χ4n) is 4.28. The van der Waals surface area contributed by atoms with E-state index in [2.05, 4.69) is 4.98 Å². The Bertz CT molecular complexity index is 1420. The predicted molar refractivity (Wildman–Crippen MR) is 126 cm³/mol. The number of hydrogen-bond acceptors (Lipinski definition) is 5. The number of nitriles is 1. The highest BCUT2D eigenvalue weighted by Crippen LogP contribution is 2.37. The van der Waals surface area contributed by atoms with Gasteiger partial charge in [-0.1, -0.05) is 23.8 Å². The van der Waals surface area contributed by atoms with Crippen LogP contribution in [0.25, 0.3) is 5.57 Å². The number of halogens is 3. The molecule has 4 rings (SSSR count). The van der Waals surface area contributed by atoms with Crippen LogP contribution in [0.3, 0.4) is 0 Å². The Morgan fingerprint density at radius 3 is 2.54 bits per heavy atom. The molecule has 0 radical (unpaired) electrons. The molecule has 0 fully saturated rings. The molecule has 2 aromatic carbocycles. The van der Waals surface area contributed by atoms with Gasteiger partial charge < -0.3 is 4.90 Å². The standard InChI is InChI=1S/C25H23F3N4O2S/c1-3-32(21-9-7-19(14-29)23(13-21)25(26,27)28)20-8-6-18(12-20)24-15-31(16-30-24)35(33,34)22-10-4-17(2)5-11-22/h4-7,9-11,13,15-16,20H,3,8,12H2,1-2H3. The number of nitrogens with zero attached hydrogens (tertiary/aromatic N) is 4. The number of anilines is 1. The molecule has 182 valence electrons. The zero-order chi connectivity index (χ0) is 25.4. The second kappa shape index (κ2) is 9.23. The lowest BCUT2D eigenvalue weighted by molar-refractivity contribution is -0.137. The van der Waals surface area contributed by atoms with Crippen LogP contribution < -0.4 is 4.90 Å². The number of aromatic nitrogens is 2. The second-order valence-electron chi connectivity index (χ2n) is 8.36. The van der Waals surface area contributed by atoms with E-state index in [1.54, 1.807) is 30.3 Å². The summed E-state index contributed by atoms with van der Waals surface area (Å²) in [5.74, 6) is 0. The Morgan fingerprint density at radius 2 is 1.91 bits per heavy atom. The molecular weight excluding hydrogens is 477 g/mol. The Kier molecular flexibility index (Phi) is 6.47. The molecule has 0 amide bonds. The van der Waals surface area contributed by atoms with Gasteiger partial charge in [0.1, 0.15) is 6.33 Å². The molecule has 0 saturated heterocycles. The average Bonchev–Trinajstić information content (AvgIpc) is 3.50. The highest BCUT2D eigenvalue weighted by atomic mass is 32.2. The first-order valence-corrected chi connectivity index (χ1v) is 12.4. The molecule has 10 heteroatoms. The van der Waals surface area contributed by atoms with Crippen molar-refractivity contribution in [2.75, 3.05) is 11.4 Å². The third-order valence-electron chi connectivity index (χ3n) is 6.12.